The third-order valence-corrected chi connectivity index (χ3v) is 4.49. The van der Waals surface area contributed by atoms with Crippen LogP contribution in [0.1, 0.15) is 43.7 Å². The number of carbonyl (C=O) groups excluding carboxylic acids is 2. The van der Waals surface area contributed by atoms with E-state index in [0.717, 1.165) is 11.4 Å². The Balaban J connectivity index is 1.73. The first kappa shape index (κ1) is 22.1. The lowest BCUT2D eigenvalue weighted by Crippen LogP contribution is -2.22. The van der Waals surface area contributed by atoms with Crippen molar-refractivity contribution >= 4 is 17.7 Å². The monoisotopic (exact) mass is 421 g/mol. The number of carbonyl (C=O) groups is 2. The number of para-hydroxylation sites is 2. The van der Waals surface area contributed by atoms with E-state index in [-0.39, 0.29) is 11.0 Å². The average molecular weight is 421 g/mol. The van der Waals surface area contributed by atoms with Gasteiger partial charge in [-0.1, -0.05) is 51.1 Å². The third kappa shape index (κ3) is 5.51. The van der Waals surface area contributed by atoms with E-state index in [1.807, 2.05) is 64.1 Å². The van der Waals surface area contributed by atoms with Gasteiger partial charge in [0, 0.05) is 11.5 Å². The molecule has 3 rings (SSSR count). The van der Waals surface area contributed by atoms with Crippen LogP contribution in [0, 0.1) is 0 Å². The minimum Gasteiger partial charge on any atom is -0.493 e. The average Bonchev–Trinajstić information content (AvgIpc) is 3.17. The highest BCUT2D eigenvalue weighted by Gasteiger charge is 2.22. The van der Waals surface area contributed by atoms with E-state index in [0.29, 0.717) is 18.2 Å². The molecule has 1 N–H and O–H groups in total. The molecule has 0 bridgehead atoms. The fourth-order valence-electron chi connectivity index (χ4n) is 2.91. The number of hydrogen-bond acceptors (Lipinski definition) is 5. The van der Waals surface area contributed by atoms with Gasteiger partial charge in [0.05, 0.1) is 18.0 Å². The Morgan fingerprint density at radius 3 is 2.39 bits per heavy atom. The van der Waals surface area contributed by atoms with Crippen LogP contribution < -0.4 is 10.1 Å². The highest BCUT2D eigenvalue weighted by molar-refractivity contribution is 5.96. The van der Waals surface area contributed by atoms with Crippen molar-refractivity contribution in [3.8, 4) is 11.4 Å². The van der Waals surface area contributed by atoms with Gasteiger partial charge in [-0.15, -0.1) is 0 Å². The number of amides is 1. The number of aromatic nitrogens is 2. The van der Waals surface area contributed by atoms with Gasteiger partial charge in [-0.2, -0.15) is 5.10 Å². The van der Waals surface area contributed by atoms with Crippen molar-refractivity contribution in [2.75, 3.05) is 18.5 Å². The second kappa shape index (κ2) is 9.47. The fraction of sp³-hybridized carbons (Fsp3) is 0.292. The van der Waals surface area contributed by atoms with Crippen molar-refractivity contribution in [1.29, 1.82) is 0 Å². The zero-order valence-corrected chi connectivity index (χ0v) is 18.2. The molecule has 0 radical (unpaired) electrons. The summed E-state index contributed by atoms with van der Waals surface area (Å²) >= 11 is 0. The highest BCUT2D eigenvalue weighted by atomic mass is 16.5. The first-order chi connectivity index (χ1) is 14.8. The highest BCUT2D eigenvalue weighted by Crippen LogP contribution is 2.26. The summed E-state index contributed by atoms with van der Waals surface area (Å²) in [6.45, 7) is 7.97. The maximum Gasteiger partial charge on any atom is 0.342 e. The molecule has 3 aromatic rings. The normalized spacial score (nSPS) is 11.1. The second-order valence-corrected chi connectivity index (χ2v) is 7.97. The Bertz CT molecular complexity index is 1050. The Kier molecular flexibility index (Phi) is 6.74. The van der Waals surface area contributed by atoms with Crippen LogP contribution in [0.3, 0.4) is 0 Å². The molecule has 0 saturated carbocycles. The van der Waals surface area contributed by atoms with E-state index < -0.39 is 18.5 Å². The molecule has 1 aromatic heterocycles. The number of hydrogen-bond donors (Lipinski definition) is 1. The second-order valence-electron chi connectivity index (χ2n) is 7.97. The molecular formula is C24H27N3O4. The lowest BCUT2D eigenvalue weighted by atomic mass is 9.92. The summed E-state index contributed by atoms with van der Waals surface area (Å²) in [6, 6.07) is 18.1. The van der Waals surface area contributed by atoms with Gasteiger partial charge in [0.1, 0.15) is 17.1 Å². The maximum absolute atomic E-state index is 12.5. The van der Waals surface area contributed by atoms with Crippen molar-refractivity contribution in [1.82, 2.24) is 9.78 Å². The van der Waals surface area contributed by atoms with Crippen LogP contribution in [0.15, 0.2) is 60.7 Å². The molecule has 7 heteroatoms. The fourth-order valence-corrected chi connectivity index (χ4v) is 2.91. The first-order valence-corrected chi connectivity index (χ1v) is 10.1. The number of nitrogens with one attached hydrogen (secondary N) is 1. The van der Waals surface area contributed by atoms with Crippen molar-refractivity contribution in [2.45, 2.75) is 33.1 Å². The molecule has 1 heterocycles. The summed E-state index contributed by atoms with van der Waals surface area (Å²) in [7, 11) is 0. The molecule has 0 aliphatic carbocycles. The Hall–Kier alpha value is -3.61. The van der Waals surface area contributed by atoms with Gasteiger partial charge in [0.15, 0.2) is 6.61 Å². The van der Waals surface area contributed by atoms with Crippen LogP contribution in [-0.2, 0) is 14.9 Å². The Labute approximate surface area is 182 Å². The number of rotatable bonds is 7. The van der Waals surface area contributed by atoms with Crippen LogP contribution in [0.25, 0.3) is 5.69 Å². The number of benzene rings is 2. The maximum atomic E-state index is 12.5. The van der Waals surface area contributed by atoms with Gasteiger partial charge in [-0.25, -0.2) is 9.48 Å². The SMILES string of the molecule is CCOc1ccccc1C(=O)OCC(=O)Nc1cc(C(C)(C)C)nn1-c1ccccc1. The van der Waals surface area contributed by atoms with E-state index >= 15 is 0 Å². The molecular weight excluding hydrogens is 394 g/mol. The molecule has 2 aromatic carbocycles. The van der Waals surface area contributed by atoms with Crippen LogP contribution in [0.2, 0.25) is 0 Å². The lowest BCUT2D eigenvalue weighted by Gasteiger charge is -2.14. The van der Waals surface area contributed by atoms with Crippen molar-refractivity contribution in [2.24, 2.45) is 0 Å². The topological polar surface area (TPSA) is 82.4 Å². The van der Waals surface area contributed by atoms with Crippen LogP contribution in [0.5, 0.6) is 5.75 Å². The molecule has 0 aliphatic rings. The summed E-state index contributed by atoms with van der Waals surface area (Å²) in [5.74, 6) is -0.148. The molecule has 7 nitrogen and oxygen atoms in total. The van der Waals surface area contributed by atoms with E-state index in [2.05, 4.69) is 10.4 Å². The number of nitrogens with zero attached hydrogens (tertiary/aromatic N) is 2. The van der Waals surface area contributed by atoms with Gasteiger partial charge in [-0.05, 0) is 31.2 Å². The Morgan fingerprint density at radius 2 is 1.71 bits per heavy atom. The van der Waals surface area contributed by atoms with Crippen molar-refractivity contribution in [3.63, 3.8) is 0 Å². The predicted octanol–water partition coefficient (Wildman–Crippen LogP) is 4.36. The van der Waals surface area contributed by atoms with Crippen molar-refractivity contribution < 1.29 is 19.1 Å². The minimum atomic E-state index is -0.619. The molecule has 0 spiro atoms. The summed E-state index contributed by atoms with van der Waals surface area (Å²) in [5, 5.41) is 7.46. The van der Waals surface area contributed by atoms with Gasteiger partial charge < -0.3 is 14.8 Å². The number of esters is 1. The van der Waals surface area contributed by atoms with E-state index in [1.54, 1.807) is 28.9 Å². The van der Waals surface area contributed by atoms with Crippen LogP contribution in [-0.4, -0.2) is 34.9 Å². The molecule has 0 fully saturated rings. The smallest absolute Gasteiger partial charge is 0.342 e. The molecule has 0 saturated heterocycles. The van der Waals surface area contributed by atoms with E-state index in [9.17, 15) is 9.59 Å². The molecule has 162 valence electrons. The van der Waals surface area contributed by atoms with Gasteiger partial charge >= 0.3 is 5.97 Å². The summed E-state index contributed by atoms with van der Waals surface area (Å²) < 4.78 is 12.3. The zero-order valence-electron chi connectivity index (χ0n) is 18.2. The van der Waals surface area contributed by atoms with Crippen LogP contribution in [0.4, 0.5) is 5.82 Å². The third-order valence-electron chi connectivity index (χ3n) is 4.49. The first-order valence-electron chi connectivity index (χ1n) is 10.1. The quantitative estimate of drug-likeness (QED) is 0.573. The van der Waals surface area contributed by atoms with Gasteiger partial charge in [-0.3, -0.25) is 4.79 Å². The number of anilines is 1. The van der Waals surface area contributed by atoms with Crippen LogP contribution >= 0.6 is 0 Å². The summed E-state index contributed by atoms with van der Waals surface area (Å²) in [6.07, 6.45) is 0. The van der Waals surface area contributed by atoms with Gasteiger partial charge in [0.25, 0.3) is 5.91 Å². The molecule has 0 aliphatic heterocycles. The predicted molar refractivity (Wildman–Crippen MR) is 119 cm³/mol. The summed E-state index contributed by atoms with van der Waals surface area (Å²) in [5.41, 5.74) is 1.72. The van der Waals surface area contributed by atoms with Gasteiger partial charge in [0.2, 0.25) is 0 Å². The molecule has 0 atom stereocenters. The minimum absolute atomic E-state index is 0.199. The Morgan fingerprint density at radius 1 is 1.03 bits per heavy atom. The zero-order chi connectivity index (χ0) is 22.4. The molecule has 1 amide bonds. The van der Waals surface area contributed by atoms with E-state index in [4.69, 9.17) is 9.47 Å². The molecule has 0 unspecified atom stereocenters. The van der Waals surface area contributed by atoms with E-state index in [1.165, 1.54) is 0 Å². The summed E-state index contributed by atoms with van der Waals surface area (Å²) in [4.78, 5) is 25.0. The number of ether oxygens (including phenoxy) is 2. The molecule has 31 heavy (non-hydrogen) atoms. The van der Waals surface area contributed by atoms with Crippen molar-refractivity contribution in [3.05, 3.63) is 71.9 Å². The lowest BCUT2D eigenvalue weighted by molar-refractivity contribution is -0.119. The largest absolute Gasteiger partial charge is 0.493 e. The standard InChI is InChI=1S/C24H27N3O4/c1-5-30-19-14-10-9-13-18(19)23(29)31-16-22(28)25-21-15-20(24(2,3)4)26-27(21)17-11-7-6-8-12-17/h6-15H,5,16H2,1-4H3,(H,25,28).